The van der Waals surface area contributed by atoms with Crippen molar-refractivity contribution in [2.75, 3.05) is 13.1 Å². The van der Waals surface area contributed by atoms with Gasteiger partial charge in [-0.25, -0.2) is 4.99 Å². The first-order valence-corrected chi connectivity index (χ1v) is 5.41. The minimum Gasteiger partial charge on any atom is -0.628 e. The molecule has 0 radical (unpaired) electrons. The lowest BCUT2D eigenvalue weighted by atomic mass is 10.1. The smallest absolute Gasteiger partial charge is 0.284 e. The molecule has 1 unspecified atom stereocenters. The molecular formula is C9H8BrN3O3. The lowest BCUT2D eigenvalue weighted by Gasteiger charge is -2.16. The summed E-state index contributed by atoms with van der Waals surface area (Å²) in [5.74, 6) is 0.216. The number of hydrogen-bond donors (Lipinski definition) is 1. The number of rotatable bonds is 2. The van der Waals surface area contributed by atoms with E-state index < -0.39 is 4.92 Å². The highest BCUT2D eigenvalue weighted by atomic mass is 79.9. The van der Waals surface area contributed by atoms with Crippen molar-refractivity contribution in [3.8, 4) is 0 Å². The Balaban J connectivity index is 2.53. The third kappa shape index (κ3) is 1.97. The fourth-order valence-electron chi connectivity index (χ4n) is 1.57. The third-order valence-corrected chi connectivity index (χ3v) is 2.78. The van der Waals surface area contributed by atoms with Gasteiger partial charge in [-0.3, -0.25) is 10.1 Å². The van der Waals surface area contributed by atoms with Crippen molar-refractivity contribution in [1.82, 2.24) is 0 Å². The molecule has 0 aliphatic carbocycles. The molecule has 0 fully saturated rings. The summed E-state index contributed by atoms with van der Waals surface area (Å²) in [6, 6.07) is 4.50. The minimum absolute atomic E-state index is 0.0859. The Morgan fingerprint density at radius 2 is 2.25 bits per heavy atom. The molecule has 84 valence electrons. The molecule has 1 aromatic carbocycles. The summed E-state index contributed by atoms with van der Waals surface area (Å²) < 4.78 is 0.690. The molecule has 1 aliphatic heterocycles. The lowest BCUT2D eigenvalue weighted by Crippen LogP contribution is -3.08. The van der Waals surface area contributed by atoms with Crippen LogP contribution in [-0.4, -0.2) is 23.8 Å². The summed E-state index contributed by atoms with van der Waals surface area (Å²) >= 11 is 3.22. The van der Waals surface area contributed by atoms with E-state index in [-0.39, 0.29) is 16.6 Å². The second-order valence-corrected chi connectivity index (χ2v) is 4.24. The standard InChI is InChI=1S/C9H8BrN3O3/c10-6-1-2-8(13(15)16)7(5-6)9-11-3-4-12(9)14/h1-2,5,12H,3-4H2. The van der Waals surface area contributed by atoms with Crippen LogP contribution in [0.4, 0.5) is 5.69 Å². The third-order valence-electron chi connectivity index (χ3n) is 2.28. The van der Waals surface area contributed by atoms with Crippen LogP contribution in [0.25, 0.3) is 0 Å². The number of nitro benzene ring substituents is 1. The highest BCUT2D eigenvalue weighted by molar-refractivity contribution is 9.10. The Morgan fingerprint density at radius 3 is 2.81 bits per heavy atom. The highest BCUT2D eigenvalue weighted by Crippen LogP contribution is 2.23. The van der Waals surface area contributed by atoms with Gasteiger partial charge in [0.05, 0.1) is 11.5 Å². The second-order valence-electron chi connectivity index (χ2n) is 3.32. The van der Waals surface area contributed by atoms with Gasteiger partial charge >= 0.3 is 0 Å². The summed E-state index contributed by atoms with van der Waals surface area (Å²) in [6.07, 6.45) is 0. The maximum absolute atomic E-state index is 11.5. The molecule has 0 amide bonds. The van der Waals surface area contributed by atoms with Crippen LogP contribution in [0.15, 0.2) is 27.7 Å². The van der Waals surface area contributed by atoms with Crippen LogP contribution in [0, 0.1) is 15.3 Å². The molecular weight excluding hydrogens is 278 g/mol. The van der Waals surface area contributed by atoms with Crippen molar-refractivity contribution in [3.05, 3.63) is 43.6 Å². The average molecular weight is 286 g/mol. The predicted molar refractivity (Wildman–Crippen MR) is 61.4 cm³/mol. The van der Waals surface area contributed by atoms with Gasteiger partial charge < -0.3 is 10.3 Å². The Hall–Kier alpha value is -1.31. The van der Waals surface area contributed by atoms with Crippen LogP contribution in [-0.2, 0) is 0 Å². The molecule has 0 spiro atoms. The topological polar surface area (TPSA) is 83.0 Å². The number of hydroxylamine groups is 2. The SMILES string of the molecule is O=[N+]([O-])c1ccc(Br)cc1C1=NCC[NH+]1[O-]. The Morgan fingerprint density at radius 1 is 1.50 bits per heavy atom. The summed E-state index contributed by atoms with van der Waals surface area (Å²) in [7, 11) is 0. The van der Waals surface area contributed by atoms with Gasteiger partial charge in [0, 0.05) is 10.5 Å². The normalized spacial score (nSPS) is 19.6. The van der Waals surface area contributed by atoms with E-state index >= 15 is 0 Å². The van der Waals surface area contributed by atoms with Gasteiger partial charge in [-0.2, -0.15) is 0 Å². The first kappa shape index (κ1) is 11.2. The van der Waals surface area contributed by atoms with Crippen LogP contribution in [0.5, 0.6) is 0 Å². The maximum atomic E-state index is 11.5. The van der Waals surface area contributed by atoms with Crippen LogP contribution in [0.2, 0.25) is 0 Å². The van der Waals surface area contributed by atoms with Crippen LogP contribution >= 0.6 is 15.9 Å². The van der Waals surface area contributed by atoms with E-state index in [0.29, 0.717) is 23.1 Å². The number of benzene rings is 1. The summed E-state index contributed by atoms with van der Waals surface area (Å²) in [5, 5.41) is 22.2. The zero-order valence-electron chi connectivity index (χ0n) is 8.14. The summed E-state index contributed by atoms with van der Waals surface area (Å²) in [6.45, 7) is 0.747. The fourth-order valence-corrected chi connectivity index (χ4v) is 1.93. The van der Waals surface area contributed by atoms with E-state index in [0.717, 1.165) is 0 Å². The van der Waals surface area contributed by atoms with E-state index in [2.05, 4.69) is 20.9 Å². The molecule has 16 heavy (non-hydrogen) atoms. The number of quaternary nitrogens is 1. The fraction of sp³-hybridized carbons (Fsp3) is 0.222. The number of nitrogens with one attached hydrogen (secondary N) is 1. The molecule has 1 atom stereocenters. The van der Waals surface area contributed by atoms with Gasteiger partial charge in [0.2, 0.25) is 5.84 Å². The quantitative estimate of drug-likeness (QED) is 0.488. The van der Waals surface area contributed by atoms with E-state index in [1.807, 2.05) is 0 Å². The summed E-state index contributed by atoms with van der Waals surface area (Å²) in [5.41, 5.74) is 0.207. The first-order chi connectivity index (χ1) is 7.59. The van der Waals surface area contributed by atoms with Gasteiger partial charge in [-0.05, 0) is 12.1 Å². The molecule has 0 saturated heterocycles. The average Bonchev–Trinajstić information content (AvgIpc) is 2.63. The number of nitro groups is 1. The largest absolute Gasteiger partial charge is 0.628 e. The Kier molecular flexibility index (Phi) is 2.99. The van der Waals surface area contributed by atoms with E-state index in [4.69, 9.17) is 0 Å². The maximum Gasteiger partial charge on any atom is 0.284 e. The van der Waals surface area contributed by atoms with Crippen LogP contribution < -0.4 is 5.06 Å². The monoisotopic (exact) mass is 285 g/mol. The second kappa shape index (κ2) is 4.28. The molecule has 0 aromatic heterocycles. The predicted octanol–water partition coefficient (Wildman–Crippen LogP) is 0.500. The molecule has 6 nitrogen and oxygen atoms in total. The van der Waals surface area contributed by atoms with Gasteiger partial charge in [-0.1, -0.05) is 15.9 Å². The molecule has 2 rings (SSSR count). The molecule has 1 N–H and O–H groups in total. The summed E-state index contributed by atoms with van der Waals surface area (Å²) in [4.78, 5) is 14.3. The Bertz CT molecular complexity index is 475. The lowest BCUT2D eigenvalue weighted by molar-refractivity contribution is -0.738. The van der Waals surface area contributed by atoms with Crippen LogP contribution in [0.3, 0.4) is 0 Å². The van der Waals surface area contributed by atoms with Crippen molar-refractivity contribution >= 4 is 27.5 Å². The van der Waals surface area contributed by atoms with E-state index in [1.165, 1.54) is 6.07 Å². The molecule has 1 aliphatic rings. The van der Waals surface area contributed by atoms with Gasteiger partial charge in [-0.15, -0.1) is 0 Å². The number of amidine groups is 1. The van der Waals surface area contributed by atoms with Crippen molar-refractivity contribution in [2.24, 2.45) is 4.99 Å². The zero-order chi connectivity index (χ0) is 11.7. The zero-order valence-corrected chi connectivity index (χ0v) is 9.73. The highest BCUT2D eigenvalue weighted by Gasteiger charge is 2.26. The van der Waals surface area contributed by atoms with Crippen molar-refractivity contribution in [2.45, 2.75) is 0 Å². The van der Waals surface area contributed by atoms with Crippen molar-refractivity contribution < 1.29 is 9.99 Å². The van der Waals surface area contributed by atoms with Crippen LogP contribution in [0.1, 0.15) is 5.56 Å². The molecule has 7 heteroatoms. The van der Waals surface area contributed by atoms with Gasteiger partial charge in [0.1, 0.15) is 12.1 Å². The number of hydrogen-bond acceptors (Lipinski definition) is 4. The number of halogens is 1. The minimum atomic E-state index is -0.504. The molecule has 1 heterocycles. The first-order valence-electron chi connectivity index (χ1n) is 4.61. The van der Waals surface area contributed by atoms with Crippen molar-refractivity contribution in [3.63, 3.8) is 0 Å². The van der Waals surface area contributed by atoms with Gasteiger partial charge in [0.15, 0.2) is 0 Å². The van der Waals surface area contributed by atoms with Crippen molar-refractivity contribution in [1.29, 1.82) is 0 Å². The molecule has 1 aromatic rings. The van der Waals surface area contributed by atoms with Gasteiger partial charge in [0.25, 0.3) is 5.69 Å². The van der Waals surface area contributed by atoms with E-state index in [9.17, 15) is 15.3 Å². The number of aliphatic imine (C=N–C) groups is 1. The molecule has 0 saturated carbocycles. The number of nitrogens with zero attached hydrogens (tertiary/aromatic N) is 2. The Labute approximate surface area is 99.4 Å². The van der Waals surface area contributed by atoms with E-state index in [1.54, 1.807) is 12.1 Å². The molecule has 0 bridgehead atoms.